The van der Waals surface area contributed by atoms with Crippen molar-refractivity contribution in [2.75, 3.05) is 11.1 Å². The number of hydrogen-bond acceptors (Lipinski definition) is 4. The first-order valence-electron chi connectivity index (χ1n) is 8.95. The number of anilines is 1. The van der Waals surface area contributed by atoms with Crippen molar-refractivity contribution >= 4 is 29.3 Å². The lowest BCUT2D eigenvalue weighted by molar-refractivity contribution is -0.150. The van der Waals surface area contributed by atoms with Gasteiger partial charge in [-0.2, -0.15) is 0 Å². The van der Waals surface area contributed by atoms with E-state index in [0.717, 1.165) is 27.3 Å². The highest BCUT2D eigenvalue weighted by molar-refractivity contribution is 8.00. The molecule has 1 N–H and O–H groups in total. The standard InChI is InChI=1S/C22H27NO3S/c1-13-9-16(4)21(17(5)10-13)23-22(25)18(6)26-20(24)12-27-19-8-7-14(2)15(3)11-19/h7-11,18H,12H2,1-6H3,(H,23,25)/t18-/m0/s1. The van der Waals surface area contributed by atoms with Crippen LogP contribution in [0.5, 0.6) is 0 Å². The number of amides is 1. The Morgan fingerprint density at radius 1 is 0.963 bits per heavy atom. The van der Waals surface area contributed by atoms with Gasteiger partial charge in [-0.1, -0.05) is 23.8 Å². The van der Waals surface area contributed by atoms with Crippen LogP contribution in [0.25, 0.3) is 0 Å². The van der Waals surface area contributed by atoms with E-state index in [1.54, 1.807) is 6.92 Å². The molecule has 144 valence electrons. The van der Waals surface area contributed by atoms with E-state index in [0.29, 0.717) is 0 Å². The van der Waals surface area contributed by atoms with Crippen molar-refractivity contribution in [3.05, 3.63) is 58.1 Å². The third-order valence-corrected chi connectivity index (χ3v) is 5.41. The van der Waals surface area contributed by atoms with Crippen LogP contribution in [0.1, 0.15) is 34.7 Å². The van der Waals surface area contributed by atoms with E-state index in [-0.39, 0.29) is 11.7 Å². The molecule has 0 bridgehead atoms. The smallest absolute Gasteiger partial charge is 0.317 e. The summed E-state index contributed by atoms with van der Waals surface area (Å²) >= 11 is 1.41. The Kier molecular flexibility index (Phi) is 7.08. The Morgan fingerprint density at radius 2 is 1.59 bits per heavy atom. The van der Waals surface area contributed by atoms with E-state index in [1.807, 2.05) is 58.0 Å². The SMILES string of the molecule is Cc1cc(C)c(NC(=O)[C@H](C)OC(=O)CSc2ccc(C)c(C)c2)c(C)c1. The van der Waals surface area contributed by atoms with E-state index < -0.39 is 12.1 Å². The lowest BCUT2D eigenvalue weighted by atomic mass is 10.0. The van der Waals surface area contributed by atoms with Gasteiger partial charge in [-0.05, 0) is 75.9 Å². The summed E-state index contributed by atoms with van der Waals surface area (Å²) in [6.07, 6.45) is -0.849. The first kappa shape index (κ1) is 21.0. The van der Waals surface area contributed by atoms with Crippen molar-refractivity contribution < 1.29 is 14.3 Å². The fraction of sp³-hybridized carbons (Fsp3) is 0.364. The molecule has 0 aliphatic heterocycles. The van der Waals surface area contributed by atoms with Gasteiger partial charge >= 0.3 is 5.97 Å². The second kappa shape index (κ2) is 9.09. The van der Waals surface area contributed by atoms with Gasteiger partial charge in [0.2, 0.25) is 0 Å². The summed E-state index contributed by atoms with van der Waals surface area (Å²) in [4.78, 5) is 25.5. The number of esters is 1. The molecule has 0 aliphatic carbocycles. The molecule has 2 aromatic carbocycles. The fourth-order valence-corrected chi connectivity index (χ4v) is 3.61. The number of thioether (sulfide) groups is 1. The Balaban J connectivity index is 1.90. The van der Waals surface area contributed by atoms with Crippen LogP contribution in [0.2, 0.25) is 0 Å². The van der Waals surface area contributed by atoms with E-state index in [9.17, 15) is 9.59 Å². The van der Waals surface area contributed by atoms with Crippen molar-refractivity contribution in [2.24, 2.45) is 0 Å². The predicted octanol–water partition coefficient (Wildman–Crippen LogP) is 4.89. The predicted molar refractivity (Wildman–Crippen MR) is 111 cm³/mol. The normalized spacial score (nSPS) is 11.8. The summed E-state index contributed by atoms with van der Waals surface area (Å²) < 4.78 is 5.29. The maximum atomic E-state index is 12.4. The second-order valence-electron chi connectivity index (χ2n) is 6.93. The molecule has 0 saturated carbocycles. The molecule has 0 aromatic heterocycles. The first-order chi connectivity index (χ1) is 12.7. The van der Waals surface area contributed by atoms with E-state index in [4.69, 9.17) is 4.74 Å². The molecule has 0 fully saturated rings. The Hall–Kier alpha value is -2.27. The van der Waals surface area contributed by atoms with Gasteiger partial charge in [0.05, 0.1) is 5.75 Å². The van der Waals surface area contributed by atoms with Gasteiger partial charge in [0.25, 0.3) is 5.91 Å². The van der Waals surface area contributed by atoms with E-state index in [1.165, 1.54) is 22.9 Å². The highest BCUT2D eigenvalue weighted by atomic mass is 32.2. The van der Waals surface area contributed by atoms with Crippen LogP contribution in [-0.4, -0.2) is 23.7 Å². The number of carbonyl (C=O) groups is 2. The molecule has 0 radical (unpaired) electrons. The molecular weight excluding hydrogens is 358 g/mol. The zero-order valence-electron chi connectivity index (χ0n) is 16.8. The van der Waals surface area contributed by atoms with Crippen LogP contribution >= 0.6 is 11.8 Å². The van der Waals surface area contributed by atoms with Crippen LogP contribution in [-0.2, 0) is 14.3 Å². The van der Waals surface area contributed by atoms with Gasteiger partial charge in [0.1, 0.15) is 0 Å². The van der Waals surface area contributed by atoms with Crippen LogP contribution in [0.3, 0.4) is 0 Å². The zero-order chi connectivity index (χ0) is 20.1. The third-order valence-electron chi connectivity index (χ3n) is 4.44. The van der Waals surface area contributed by atoms with Crippen LogP contribution in [0.4, 0.5) is 5.69 Å². The summed E-state index contributed by atoms with van der Waals surface area (Å²) in [7, 11) is 0. The van der Waals surface area contributed by atoms with Crippen LogP contribution in [0.15, 0.2) is 35.2 Å². The molecule has 0 unspecified atom stereocenters. The van der Waals surface area contributed by atoms with Crippen LogP contribution < -0.4 is 5.32 Å². The molecule has 5 heteroatoms. The highest BCUT2D eigenvalue weighted by Crippen LogP contribution is 2.23. The van der Waals surface area contributed by atoms with E-state index in [2.05, 4.69) is 12.2 Å². The third kappa shape index (κ3) is 5.86. The van der Waals surface area contributed by atoms with Crippen molar-refractivity contribution in [2.45, 2.75) is 52.5 Å². The lowest BCUT2D eigenvalue weighted by Crippen LogP contribution is -2.31. The number of aryl methyl sites for hydroxylation is 5. The quantitative estimate of drug-likeness (QED) is 0.568. The maximum Gasteiger partial charge on any atom is 0.317 e. The molecule has 0 saturated heterocycles. The summed E-state index contributed by atoms with van der Waals surface area (Å²) in [6, 6.07) is 10.1. The second-order valence-corrected chi connectivity index (χ2v) is 7.98. The molecule has 1 amide bonds. The molecule has 2 aromatic rings. The minimum absolute atomic E-state index is 0.169. The average Bonchev–Trinajstić information content (AvgIpc) is 2.58. The number of benzene rings is 2. The van der Waals surface area contributed by atoms with Crippen molar-refractivity contribution in [1.82, 2.24) is 0 Å². The van der Waals surface area contributed by atoms with Crippen molar-refractivity contribution in [1.29, 1.82) is 0 Å². The lowest BCUT2D eigenvalue weighted by Gasteiger charge is -2.17. The van der Waals surface area contributed by atoms with Gasteiger partial charge in [0, 0.05) is 10.6 Å². The monoisotopic (exact) mass is 385 g/mol. The summed E-state index contributed by atoms with van der Waals surface area (Å²) in [5.74, 6) is -0.560. The number of rotatable bonds is 6. The first-order valence-corrected chi connectivity index (χ1v) is 9.94. The van der Waals surface area contributed by atoms with Gasteiger partial charge in [0.15, 0.2) is 6.10 Å². The minimum Gasteiger partial charge on any atom is -0.452 e. The number of nitrogens with one attached hydrogen (secondary N) is 1. The number of hydrogen-bond donors (Lipinski definition) is 1. The Labute approximate surface area is 165 Å². The average molecular weight is 386 g/mol. The summed E-state index contributed by atoms with van der Waals surface area (Å²) in [6.45, 7) is 11.6. The largest absolute Gasteiger partial charge is 0.452 e. The topological polar surface area (TPSA) is 55.4 Å². The molecule has 4 nitrogen and oxygen atoms in total. The van der Waals surface area contributed by atoms with Crippen molar-refractivity contribution in [3.63, 3.8) is 0 Å². The number of carbonyl (C=O) groups excluding carboxylic acids is 2. The fourth-order valence-electron chi connectivity index (χ4n) is 2.83. The highest BCUT2D eigenvalue weighted by Gasteiger charge is 2.19. The molecule has 27 heavy (non-hydrogen) atoms. The Bertz CT molecular complexity index is 838. The molecule has 2 rings (SSSR count). The summed E-state index contributed by atoms with van der Waals surface area (Å²) in [5.41, 5.74) is 6.30. The zero-order valence-corrected chi connectivity index (χ0v) is 17.6. The van der Waals surface area contributed by atoms with Crippen molar-refractivity contribution in [3.8, 4) is 0 Å². The number of ether oxygens (including phenoxy) is 1. The van der Waals surface area contributed by atoms with Crippen LogP contribution in [0, 0.1) is 34.6 Å². The molecule has 0 heterocycles. The summed E-state index contributed by atoms with van der Waals surface area (Å²) in [5, 5.41) is 2.88. The van der Waals surface area contributed by atoms with Gasteiger partial charge in [-0.25, -0.2) is 0 Å². The maximum absolute atomic E-state index is 12.4. The van der Waals surface area contributed by atoms with E-state index >= 15 is 0 Å². The van der Waals surface area contributed by atoms with Gasteiger partial charge in [-0.3, -0.25) is 9.59 Å². The molecule has 0 aliphatic rings. The Morgan fingerprint density at radius 3 is 2.19 bits per heavy atom. The molecule has 1 atom stereocenters. The molecular formula is C22H27NO3S. The minimum atomic E-state index is -0.849. The van der Waals surface area contributed by atoms with Gasteiger partial charge in [-0.15, -0.1) is 11.8 Å². The van der Waals surface area contributed by atoms with Gasteiger partial charge < -0.3 is 10.1 Å². The molecule has 0 spiro atoms.